The van der Waals surface area contributed by atoms with E-state index in [0.29, 0.717) is 16.8 Å². The zero-order valence-corrected chi connectivity index (χ0v) is 17.0. The van der Waals surface area contributed by atoms with E-state index in [0.717, 1.165) is 20.1 Å². The SMILES string of the molecule is Cc1cc(C(C)(C)C(F)(F)F)c(Cl)cc1-c1cc(=O)c([S@@](C)(=N)=O)c(C)[nH]1. The molecule has 0 radical (unpaired) electrons. The molecule has 148 valence electrons. The van der Waals surface area contributed by atoms with Gasteiger partial charge in [0.25, 0.3) is 0 Å². The summed E-state index contributed by atoms with van der Waals surface area (Å²) >= 11 is 6.16. The molecule has 0 aliphatic rings. The number of aromatic amines is 1. The van der Waals surface area contributed by atoms with Crippen LogP contribution in [0.3, 0.4) is 0 Å². The van der Waals surface area contributed by atoms with E-state index >= 15 is 0 Å². The first-order valence-electron chi connectivity index (χ1n) is 7.93. The van der Waals surface area contributed by atoms with Crippen molar-refractivity contribution in [3.05, 3.63) is 50.3 Å². The van der Waals surface area contributed by atoms with E-state index in [4.69, 9.17) is 16.4 Å². The van der Waals surface area contributed by atoms with E-state index in [2.05, 4.69) is 4.98 Å². The molecule has 2 N–H and O–H groups in total. The van der Waals surface area contributed by atoms with Crippen molar-refractivity contribution in [2.75, 3.05) is 6.26 Å². The smallest absolute Gasteiger partial charge is 0.357 e. The number of aromatic nitrogens is 1. The van der Waals surface area contributed by atoms with Gasteiger partial charge in [-0.1, -0.05) is 17.7 Å². The van der Waals surface area contributed by atoms with Crippen LogP contribution in [-0.2, 0) is 15.1 Å². The van der Waals surface area contributed by atoms with Crippen LogP contribution >= 0.6 is 11.6 Å². The monoisotopic (exact) mass is 420 g/mol. The zero-order valence-electron chi connectivity index (χ0n) is 15.5. The summed E-state index contributed by atoms with van der Waals surface area (Å²) in [6, 6.07) is 3.93. The standard InChI is InChI=1S/C18H20ClF3N2O2S/c1-9-6-12(17(3,4)18(20,21)22)13(19)7-11(9)14-8-15(25)16(10(2)24-14)27(5,23)26/h6-8,23H,1-5H3,(H,24,25)/t27-/m0/s1. The summed E-state index contributed by atoms with van der Waals surface area (Å²) in [7, 11) is -3.22. The Bertz CT molecular complexity index is 1070. The van der Waals surface area contributed by atoms with Gasteiger partial charge in [0.2, 0.25) is 0 Å². The number of halogens is 4. The molecule has 0 aliphatic carbocycles. The lowest BCUT2D eigenvalue weighted by molar-refractivity contribution is -0.180. The van der Waals surface area contributed by atoms with Crippen molar-refractivity contribution in [1.29, 1.82) is 4.78 Å². The fraction of sp³-hybridized carbons (Fsp3) is 0.389. The Morgan fingerprint density at radius 3 is 2.15 bits per heavy atom. The summed E-state index contributed by atoms with van der Waals surface area (Å²) in [6.45, 7) is 5.26. The Hall–Kier alpha value is -1.80. The van der Waals surface area contributed by atoms with Crippen molar-refractivity contribution < 1.29 is 17.4 Å². The third kappa shape index (κ3) is 3.91. The molecule has 0 saturated heterocycles. The van der Waals surface area contributed by atoms with Gasteiger partial charge in [0.1, 0.15) is 4.90 Å². The molecule has 1 atom stereocenters. The molecule has 0 fully saturated rings. The normalized spacial score (nSPS) is 14.9. The largest absolute Gasteiger partial charge is 0.397 e. The molecule has 0 bridgehead atoms. The first kappa shape index (κ1) is 21.5. The number of alkyl halides is 3. The maximum Gasteiger partial charge on any atom is 0.397 e. The highest BCUT2D eigenvalue weighted by Gasteiger charge is 2.49. The lowest BCUT2D eigenvalue weighted by Gasteiger charge is -2.30. The van der Waals surface area contributed by atoms with Gasteiger partial charge in [-0.25, -0.2) is 8.99 Å². The number of H-pyrrole nitrogens is 1. The van der Waals surface area contributed by atoms with Crippen LogP contribution in [0.25, 0.3) is 11.3 Å². The highest BCUT2D eigenvalue weighted by molar-refractivity contribution is 7.91. The van der Waals surface area contributed by atoms with Crippen LogP contribution in [0.5, 0.6) is 0 Å². The third-order valence-electron chi connectivity index (χ3n) is 4.54. The maximum atomic E-state index is 13.4. The molecular formula is C18H20ClF3N2O2S. The predicted molar refractivity (Wildman–Crippen MR) is 101 cm³/mol. The molecule has 2 rings (SSSR count). The Morgan fingerprint density at radius 2 is 1.70 bits per heavy atom. The van der Waals surface area contributed by atoms with Crippen molar-refractivity contribution >= 4 is 21.3 Å². The highest BCUT2D eigenvalue weighted by atomic mass is 35.5. The average molecular weight is 421 g/mol. The fourth-order valence-electron chi connectivity index (χ4n) is 2.91. The van der Waals surface area contributed by atoms with Crippen molar-refractivity contribution in [3.63, 3.8) is 0 Å². The number of nitrogens with one attached hydrogen (secondary N) is 2. The molecule has 0 aliphatic heterocycles. The third-order valence-corrected chi connectivity index (χ3v) is 6.14. The first-order valence-corrected chi connectivity index (χ1v) is 10.3. The van der Waals surface area contributed by atoms with E-state index in [1.165, 1.54) is 25.1 Å². The minimum absolute atomic E-state index is 0.0589. The molecule has 1 aromatic carbocycles. The van der Waals surface area contributed by atoms with Gasteiger partial charge in [-0.3, -0.25) is 4.79 Å². The fourth-order valence-corrected chi connectivity index (χ4v) is 4.39. The summed E-state index contributed by atoms with van der Waals surface area (Å²) in [5, 5.41) is -0.0692. The molecule has 0 saturated carbocycles. The van der Waals surface area contributed by atoms with Gasteiger partial charge in [-0.2, -0.15) is 13.2 Å². The number of pyridine rings is 1. The first-order chi connectivity index (χ1) is 12.1. The Labute approximate surface area is 160 Å². The molecule has 0 amide bonds. The molecular weight excluding hydrogens is 401 g/mol. The van der Waals surface area contributed by atoms with Crippen molar-refractivity contribution in [1.82, 2.24) is 4.98 Å². The van der Waals surface area contributed by atoms with Gasteiger partial charge in [0.15, 0.2) is 5.43 Å². The summed E-state index contributed by atoms with van der Waals surface area (Å²) in [6.07, 6.45) is -3.33. The number of benzene rings is 1. The Balaban J connectivity index is 2.70. The van der Waals surface area contributed by atoms with E-state index in [-0.39, 0.29) is 21.2 Å². The lowest BCUT2D eigenvalue weighted by atomic mass is 9.82. The van der Waals surface area contributed by atoms with Gasteiger partial charge in [-0.05, 0) is 44.9 Å². The minimum Gasteiger partial charge on any atom is -0.357 e. The van der Waals surface area contributed by atoms with Crippen LogP contribution in [0.15, 0.2) is 27.9 Å². The van der Waals surface area contributed by atoms with Crippen LogP contribution in [0, 0.1) is 18.6 Å². The van der Waals surface area contributed by atoms with Crippen molar-refractivity contribution in [2.24, 2.45) is 0 Å². The van der Waals surface area contributed by atoms with E-state index in [1.54, 1.807) is 6.92 Å². The van der Waals surface area contributed by atoms with Gasteiger partial charge < -0.3 is 4.98 Å². The summed E-state index contributed by atoms with van der Waals surface area (Å²) in [5.74, 6) is 0. The number of hydrogen-bond acceptors (Lipinski definition) is 3. The average Bonchev–Trinajstić information content (AvgIpc) is 2.45. The molecule has 1 aromatic heterocycles. The number of rotatable bonds is 3. The second-order valence-electron chi connectivity index (χ2n) is 7.11. The molecule has 2 aromatic rings. The van der Waals surface area contributed by atoms with Crippen LogP contribution < -0.4 is 5.43 Å². The van der Waals surface area contributed by atoms with Gasteiger partial charge in [-0.15, -0.1) is 0 Å². The zero-order chi connectivity index (χ0) is 20.9. The van der Waals surface area contributed by atoms with Crippen LogP contribution in [0.1, 0.15) is 30.7 Å². The summed E-state index contributed by atoms with van der Waals surface area (Å²) in [5.41, 5.74) is -1.20. The second-order valence-corrected chi connectivity index (χ2v) is 9.62. The van der Waals surface area contributed by atoms with Gasteiger partial charge >= 0.3 is 6.18 Å². The van der Waals surface area contributed by atoms with Crippen LogP contribution in [0.2, 0.25) is 5.02 Å². The molecule has 0 spiro atoms. The van der Waals surface area contributed by atoms with Gasteiger partial charge in [0, 0.05) is 34.3 Å². The number of hydrogen-bond donors (Lipinski definition) is 2. The summed E-state index contributed by atoms with van der Waals surface area (Å²) < 4.78 is 59.7. The molecule has 27 heavy (non-hydrogen) atoms. The van der Waals surface area contributed by atoms with Gasteiger partial charge in [0.05, 0.1) is 15.1 Å². The van der Waals surface area contributed by atoms with E-state index < -0.39 is 26.7 Å². The van der Waals surface area contributed by atoms with Crippen molar-refractivity contribution in [2.45, 2.75) is 44.2 Å². The molecule has 1 heterocycles. The van der Waals surface area contributed by atoms with E-state index in [1.807, 2.05) is 0 Å². The van der Waals surface area contributed by atoms with E-state index in [9.17, 15) is 22.2 Å². The molecule has 9 heteroatoms. The van der Waals surface area contributed by atoms with Crippen LogP contribution in [-0.4, -0.2) is 21.6 Å². The number of aryl methyl sites for hydroxylation is 2. The van der Waals surface area contributed by atoms with Crippen molar-refractivity contribution in [3.8, 4) is 11.3 Å². The second kappa shape index (κ2) is 6.67. The summed E-state index contributed by atoms with van der Waals surface area (Å²) in [4.78, 5) is 15.1. The molecule has 4 nitrogen and oxygen atoms in total. The Kier molecular flexibility index (Phi) is 5.31. The topological polar surface area (TPSA) is 73.8 Å². The molecule has 0 unspecified atom stereocenters. The maximum absolute atomic E-state index is 13.4. The minimum atomic E-state index is -4.48. The Morgan fingerprint density at radius 1 is 1.15 bits per heavy atom. The quantitative estimate of drug-likeness (QED) is 0.717. The highest BCUT2D eigenvalue weighted by Crippen LogP contribution is 2.44. The van der Waals surface area contributed by atoms with Crippen LogP contribution in [0.4, 0.5) is 13.2 Å². The predicted octanol–water partition coefficient (Wildman–Crippen LogP) is 5.19. The lowest BCUT2D eigenvalue weighted by Crippen LogP contribution is -2.36.